The number of hydrogen-bond acceptors (Lipinski definition) is 11. The van der Waals surface area contributed by atoms with Crippen molar-refractivity contribution in [3.05, 3.63) is 0 Å². The van der Waals surface area contributed by atoms with Crippen LogP contribution in [0.1, 0.15) is 131 Å². The van der Waals surface area contributed by atoms with E-state index in [0.29, 0.717) is 12.8 Å². The number of Topliss-reactive ketones (excluding diaryl/α,β-unsaturated/α-hetero) is 2. The molecule has 5 unspecified atom stereocenters. The normalized spacial score (nSPS) is 34.0. The van der Waals surface area contributed by atoms with Gasteiger partial charge in [-0.1, -0.05) is 106 Å². The lowest BCUT2D eigenvalue weighted by Crippen LogP contribution is -2.63. The minimum atomic E-state index is -1.77. The first kappa shape index (κ1) is 42.1. The average molecular weight is 675 g/mol. The van der Waals surface area contributed by atoms with E-state index in [1.807, 2.05) is 13.8 Å². The lowest BCUT2D eigenvalue weighted by Gasteiger charge is -2.45. The molecule has 2 heterocycles. The summed E-state index contributed by atoms with van der Waals surface area (Å²) in [5, 5.41) is 64.4. The van der Waals surface area contributed by atoms with Crippen LogP contribution in [0.5, 0.6) is 0 Å². The van der Waals surface area contributed by atoms with Crippen LogP contribution in [0.25, 0.3) is 0 Å². The summed E-state index contributed by atoms with van der Waals surface area (Å²) in [4.78, 5) is 27.0. The number of ether oxygens (including phenoxy) is 3. The molecule has 0 aliphatic carbocycles. The second-order valence-electron chi connectivity index (χ2n) is 14.2. The molecule has 47 heavy (non-hydrogen) atoms. The summed E-state index contributed by atoms with van der Waals surface area (Å²) in [7, 11) is 0. The molecular formula is C36H66O11. The first-order chi connectivity index (χ1) is 22.3. The first-order valence-electron chi connectivity index (χ1n) is 18.4. The third-order valence-electron chi connectivity index (χ3n) is 10.3. The van der Waals surface area contributed by atoms with Gasteiger partial charge in [-0.2, -0.15) is 0 Å². The molecule has 6 N–H and O–H groups in total. The number of unbranched alkanes of at least 4 members (excludes halogenated alkanes) is 4. The third-order valence-corrected chi connectivity index (χ3v) is 10.3. The monoisotopic (exact) mass is 674 g/mol. The highest BCUT2D eigenvalue weighted by molar-refractivity contribution is 5.82. The van der Waals surface area contributed by atoms with E-state index in [4.69, 9.17) is 14.2 Å². The van der Waals surface area contributed by atoms with E-state index in [1.165, 1.54) is 0 Å². The number of aliphatic hydroxyl groups is 6. The molecule has 0 aromatic carbocycles. The van der Waals surface area contributed by atoms with Gasteiger partial charge in [0.1, 0.15) is 48.2 Å². The molecule has 2 saturated heterocycles. The van der Waals surface area contributed by atoms with Crippen LogP contribution in [0.15, 0.2) is 0 Å². The summed E-state index contributed by atoms with van der Waals surface area (Å²) >= 11 is 0. The van der Waals surface area contributed by atoms with Crippen LogP contribution in [0, 0.1) is 23.7 Å². The van der Waals surface area contributed by atoms with Crippen molar-refractivity contribution in [2.75, 3.05) is 0 Å². The lowest BCUT2D eigenvalue weighted by atomic mass is 9.80. The van der Waals surface area contributed by atoms with Crippen molar-refractivity contribution in [3.63, 3.8) is 0 Å². The predicted molar refractivity (Wildman–Crippen MR) is 177 cm³/mol. The maximum Gasteiger partial charge on any atom is 0.189 e. The van der Waals surface area contributed by atoms with Crippen LogP contribution >= 0.6 is 0 Å². The van der Waals surface area contributed by atoms with Gasteiger partial charge in [-0.15, -0.1) is 0 Å². The summed E-state index contributed by atoms with van der Waals surface area (Å²) in [6.45, 7) is 12.4. The van der Waals surface area contributed by atoms with Crippen LogP contribution in [0.2, 0.25) is 0 Å². The van der Waals surface area contributed by atoms with Crippen molar-refractivity contribution in [3.8, 4) is 0 Å². The van der Waals surface area contributed by atoms with Gasteiger partial charge in [-0.05, 0) is 24.7 Å². The quantitative estimate of drug-likeness (QED) is 0.0919. The highest BCUT2D eigenvalue weighted by atomic mass is 16.8. The third kappa shape index (κ3) is 12.1. The van der Waals surface area contributed by atoms with Crippen molar-refractivity contribution in [1.29, 1.82) is 0 Å². The summed E-state index contributed by atoms with van der Waals surface area (Å²) < 4.78 is 17.4. The zero-order valence-corrected chi connectivity index (χ0v) is 29.7. The fourth-order valence-corrected chi connectivity index (χ4v) is 7.29. The molecule has 2 aliphatic heterocycles. The summed E-state index contributed by atoms with van der Waals surface area (Å²) in [6, 6.07) is 0. The molecule has 0 spiro atoms. The number of carbonyl (C=O) groups excluding carboxylic acids is 2. The molecule has 0 aromatic heterocycles. The first-order valence-corrected chi connectivity index (χ1v) is 18.4. The Morgan fingerprint density at radius 2 is 0.894 bits per heavy atom. The Morgan fingerprint density at radius 1 is 0.532 bits per heavy atom. The van der Waals surface area contributed by atoms with Gasteiger partial charge < -0.3 is 44.8 Å². The van der Waals surface area contributed by atoms with Gasteiger partial charge in [0.15, 0.2) is 12.6 Å². The van der Waals surface area contributed by atoms with E-state index >= 15 is 0 Å². The van der Waals surface area contributed by atoms with Gasteiger partial charge in [0.25, 0.3) is 0 Å². The lowest BCUT2D eigenvalue weighted by molar-refractivity contribution is -0.373. The van der Waals surface area contributed by atoms with E-state index < -0.39 is 61.4 Å². The number of ketones is 2. The molecular weight excluding hydrogens is 608 g/mol. The Balaban J connectivity index is 2.18. The molecule has 11 nitrogen and oxygen atoms in total. The summed E-state index contributed by atoms with van der Waals surface area (Å²) in [6.07, 6.45) is -5.40. The number of carbonyl (C=O) groups is 2. The Hall–Kier alpha value is -1.02. The van der Waals surface area contributed by atoms with Gasteiger partial charge in [0.05, 0.1) is 12.2 Å². The topological polar surface area (TPSA) is 183 Å². The van der Waals surface area contributed by atoms with Crippen LogP contribution in [0.3, 0.4) is 0 Å². The van der Waals surface area contributed by atoms with Crippen molar-refractivity contribution in [1.82, 2.24) is 0 Å². The number of aliphatic hydroxyl groups excluding tert-OH is 6. The molecule has 0 aromatic rings. The van der Waals surface area contributed by atoms with E-state index in [-0.39, 0.29) is 48.1 Å². The molecule has 0 saturated carbocycles. The maximum atomic E-state index is 13.5. The Morgan fingerprint density at radius 3 is 1.21 bits per heavy atom. The number of rotatable bonds is 22. The van der Waals surface area contributed by atoms with E-state index in [2.05, 4.69) is 27.7 Å². The molecule has 2 aliphatic rings. The molecule has 2 rings (SSSR count). The SMILES string of the molecule is CCCCCC(C(=O)C[C@@H]1O[C@@H](OC2O[C@H](CC(=O)C(CCCCC)C(C)CCC)[C@@H](O)[C@H](O)[C@H]2O)[C@@H](O)[C@H](O)[C@H]1O)C(C)CCC. The fourth-order valence-electron chi connectivity index (χ4n) is 7.29. The van der Waals surface area contributed by atoms with E-state index in [1.54, 1.807) is 0 Å². The van der Waals surface area contributed by atoms with Crippen molar-refractivity contribution in [2.24, 2.45) is 23.7 Å². The Kier molecular flexibility index (Phi) is 19.1. The second-order valence-corrected chi connectivity index (χ2v) is 14.2. The molecule has 0 radical (unpaired) electrons. The predicted octanol–water partition coefficient (Wildman–Crippen LogP) is 3.80. The van der Waals surface area contributed by atoms with Gasteiger partial charge in [-0.25, -0.2) is 0 Å². The molecule has 2 fully saturated rings. The van der Waals surface area contributed by atoms with Gasteiger partial charge >= 0.3 is 0 Å². The van der Waals surface area contributed by atoms with Crippen LogP contribution < -0.4 is 0 Å². The standard InChI is InChI=1S/C36H66O11/c1-7-11-13-17-23(21(5)15-9-3)25(37)19-27-29(39)31(41)33(43)35(45-27)47-36-34(44)32(42)30(40)28(46-36)20-26(38)24(18-14-12-8-2)22(6)16-10-4/h21-24,27-36,39-44H,7-20H2,1-6H3/t21?,22?,23?,24?,27-,28+,29-,30+,31+,32-,33-,34+,35-,36?/m0/s1. The fraction of sp³-hybridized carbons (Fsp3) is 0.944. The molecule has 276 valence electrons. The van der Waals surface area contributed by atoms with Crippen molar-refractivity contribution >= 4 is 11.6 Å². The van der Waals surface area contributed by atoms with Gasteiger partial charge in [0, 0.05) is 24.7 Å². The molecule has 14 atom stereocenters. The smallest absolute Gasteiger partial charge is 0.189 e. The Labute approximate surface area is 282 Å². The highest BCUT2D eigenvalue weighted by Gasteiger charge is 2.50. The second kappa shape index (κ2) is 21.3. The zero-order chi connectivity index (χ0) is 35.3. The average Bonchev–Trinajstić information content (AvgIpc) is 3.03. The van der Waals surface area contributed by atoms with Crippen LogP contribution in [-0.2, 0) is 23.8 Å². The van der Waals surface area contributed by atoms with Crippen molar-refractivity contribution in [2.45, 2.75) is 193 Å². The highest BCUT2D eigenvalue weighted by Crippen LogP contribution is 2.34. The van der Waals surface area contributed by atoms with Crippen molar-refractivity contribution < 1.29 is 54.4 Å². The Bertz CT molecular complexity index is 832. The van der Waals surface area contributed by atoms with Crippen LogP contribution in [0.4, 0.5) is 0 Å². The largest absolute Gasteiger partial charge is 0.388 e. The van der Waals surface area contributed by atoms with E-state index in [0.717, 1.165) is 64.2 Å². The minimum Gasteiger partial charge on any atom is -0.388 e. The van der Waals surface area contributed by atoms with E-state index in [9.17, 15) is 40.2 Å². The number of hydrogen-bond donors (Lipinski definition) is 6. The van der Waals surface area contributed by atoms with Crippen LogP contribution in [-0.4, -0.2) is 104 Å². The molecule has 11 heteroatoms. The maximum absolute atomic E-state index is 13.5. The van der Waals surface area contributed by atoms with Gasteiger partial charge in [-0.3, -0.25) is 9.59 Å². The summed E-state index contributed by atoms with van der Waals surface area (Å²) in [5.74, 6) is -0.449. The van der Waals surface area contributed by atoms with Gasteiger partial charge in [0.2, 0.25) is 0 Å². The zero-order valence-electron chi connectivity index (χ0n) is 29.7. The minimum absolute atomic E-state index is 0.106. The summed E-state index contributed by atoms with van der Waals surface area (Å²) in [5.41, 5.74) is 0. The molecule has 0 bridgehead atoms. The molecule has 0 amide bonds.